The molecule has 1 aromatic rings. The lowest BCUT2D eigenvalue weighted by Crippen LogP contribution is -2.54. The lowest BCUT2D eigenvalue weighted by Gasteiger charge is -2.27. The molecule has 0 radical (unpaired) electrons. The Balaban J connectivity index is 2.05. The molecule has 8 heteroatoms. The molecule has 1 atom stereocenters. The second-order valence-electron chi connectivity index (χ2n) is 4.80. The fraction of sp³-hybridized carbons (Fsp3) is 0.231. The summed E-state index contributed by atoms with van der Waals surface area (Å²) in [5, 5.41) is 21.5. The number of carbonyl (C=O) groups excluding carboxylic acids is 4. The quantitative estimate of drug-likeness (QED) is 0.473. The summed E-state index contributed by atoms with van der Waals surface area (Å²) in [4.78, 5) is 48.1. The molecule has 1 saturated heterocycles. The summed E-state index contributed by atoms with van der Waals surface area (Å²) in [5.41, 5.74) is -0.658. The maximum Gasteiger partial charge on any atom is 0.266 e. The molecule has 1 fully saturated rings. The van der Waals surface area contributed by atoms with Crippen LogP contribution in [-0.2, 0) is 9.59 Å². The summed E-state index contributed by atoms with van der Waals surface area (Å²) < 4.78 is 0. The number of hydrogen-bond acceptors (Lipinski definition) is 6. The number of phenols is 2. The van der Waals surface area contributed by atoms with Crippen LogP contribution in [0.5, 0.6) is 11.5 Å². The predicted octanol–water partition coefficient (Wildman–Crippen LogP) is -0.501. The predicted molar refractivity (Wildman–Crippen MR) is 66.4 cm³/mol. The minimum atomic E-state index is -1.13. The van der Waals surface area contributed by atoms with Gasteiger partial charge in [-0.15, -0.1) is 0 Å². The Hall–Kier alpha value is -2.90. The Bertz CT molecular complexity index is 670. The number of nitrogens with one attached hydrogen (secondary N) is 1. The summed E-state index contributed by atoms with van der Waals surface area (Å²) in [6, 6.07) is 1.05. The van der Waals surface area contributed by atoms with E-state index in [0.717, 1.165) is 12.1 Å². The molecule has 0 saturated carbocycles. The Morgan fingerprint density at radius 3 is 2.00 bits per heavy atom. The van der Waals surface area contributed by atoms with Gasteiger partial charge in [0.05, 0.1) is 11.1 Å². The van der Waals surface area contributed by atoms with E-state index in [-0.39, 0.29) is 24.0 Å². The molecular weight excluding hydrogens is 280 g/mol. The third-order valence-electron chi connectivity index (χ3n) is 3.55. The fourth-order valence-corrected chi connectivity index (χ4v) is 2.56. The summed E-state index contributed by atoms with van der Waals surface area (Å²) >= 11 is 0. The smallest absolute Gasteiger partial charge is 0.266 e. The number of carbonyl (C=O) groups is 4. The van der Waals surface area contributed by atoms with E-state index in [4.69, 9.17) is 0 Å². The first-order valence-corrected chi connectivity index (χ1v) is 6.18. The third kappa shape index (κ3) is 1.76. The number of piperidine rings is 1. The normalized spacial score (nSPS) is 21.5. The maximum atomic E-state index is 12.3. The molecule has 0 spiro atoms. The SMILES string of the molecule is O=C1CCC(N2C(=O)c3c(O)ccc(O)c3C2=O)C(=O)N1. The van der Waals surface area contributed by atoms with Gasteiger partial charge in [0.25, 0.3) is 11.8 Å². The summed E-state index contributed by atoms with van der Waals surface area (Å²) in [5.74, 6) is -3.85. The first kappa shape index (κ1) is 13.1. The molecule has 4 amide bonds. The molecular formula is C13H10N2O6. The number of aromatic hydroxyl groups is 2. The van der Waals surface area contributed by atoms with E-state index in [9.17, 15) is 29.4 Å². The number of amides is 4. The van der Waals surface area contributed by atoms with Crippen LogP contribution >= 0.6 is 0 Å². The van der Waals surface area contributed by atoms with Crippen LogP contribution in [0.15, 0.2) is 12.1 Å². The van der Waals surface area contributed by atoms with E-state index in [1.54, 1.807) is 0 Å². The lowest BCUT2D eigenvalue weighted by molar-refractivity contribution is -0.136. The van der Waals surface area contributed by atoms with Crippen LogP contribution in [0.2, 0.25) is 0 Å². The molecule has 2 heterocycles. The molecule has 108 valence electrons. The van der Waals surface area contributed by atoms with Gasteiger partial charge in [0.15, 0.2) is 0 Å². The highest BCUT2D eigenvalue weighted by Crippen LogP contribution is 2.37. The van der Waals surface area contributed by atoms with E-state index in [1.807, 2.05) is 0 Å². The summed E-state index contributed by atoms with van der Waals surface area (Å²) in [7, 11) is 0. The molecule has 2 aliphatic rings. The average Bonchev–Trinajstić information content (AvgIpc) is 2.68. The van der Waals surface area contributed by atoms with Gasteiger partial charge in [-0.25, -0.2) is 0 Å². The highest BCUT2D eigenvalue weighted by Gasteiger charge is 2.47. The van der Waals surface area contributed by atoms with Crippen LogP contribution in [0.4, 0.5) is 0 Å². The number of hydrogen-bond donors (Lipinski definition) is 3. The van der Waals surface area contributed by atoms with E-state index in [2.05, 4.69) is 5.32 Å². The van der Waals surface area contributed by atoms with E-state index < -0.39 is 41.2 Å². The Morgan fingerprint density at radius 2 is 1.52 bits per heavy atom. The number of benzene rings is 1. The fourth-order valence-electron chi connectivity index (χ4n) is 2.56. The van der Waals surface area contributed by atoms with Crippen molar-refractivity contribution in [2.24, 2.45) is 0 Å². The van der Waals surface area contributed by atoms with Crippen molar-refractivity contribution in [1.29, 1.82) is 0 Å². The van der Waals surface area contributed by atoms with Crippen LogP contribution in [-0.4, -0.2) is 44.8 Å². The van der Waals surface area contributed by atoms with E-state index in [0.29, 0.717) is 4.90 Å². The topological polar surface area (TPSA) is 124 Å². The zero-order chi connectivity index (χ0) is 15.3. The number of nitrogens with zero attached hydrogens (tertiary/aromatic N) is 1. The zero-order valence-electron chi connectivity index (χ0n) is 10.6. The first-order valence-electron chi connectivity index (χ1n) is 6.18. The minimum absolute atomic E-state index is 0.00176. The zero-order valence-corrected chi connectivity index (χ0v) is 10.6. The Kier molecular flexibility index (Phi) is 2.68. The van der Waals surface area contributed by atoms with Gasteiger partial charge in [-0.2, -0.15) is 0 Å². The monoisotopic (exact) mass is 290 g/mol. The molecule has 0 aliphatic carbocycles. The van der Waals surface area contributed by atoms with Crippen molar-refractivity contribution in [2.45, 2.75) is 18.9 Å². The first-order chi connectivity index (χ1) is 9.91. The van der Waals surface area contributed by atoms with Gasteiger partial charge >= 0.3 is 0 Å². The van der Waals surface area contributed by atoms with Gasteiger partial charge in [0.1, 0.15) is 17.5 Å². The molecule has 1 aromatic carbocycles. The number of phenolic OH excluding ortho intramolecular Hbond substituents is 2. The number of fused-ring (bicyclic) bond motifs is 1. The highest BCUT2D eigenvalue weighted by atomic mass is 16.3. The van der Waals surface area contributed by atoms with Crippen molar-refractivity contribution < 1.29 is 29.4 Å². The molecule has 0 aromatic heterocycles. The largest absolute Gasteiger partial charge is 0.507 e. The van der Waals surface area contributed by atoms with Crippen molar-refractivity contribution >= 4 is 23.6 Å². The molecule has 0 bridgehead atoms. The average molecular weight is 290 g/mol. The molecule has 21 heavy (non-hydrogen) atoms. The van der Waals surface area contributed by atoms with Crippen molar-refractivity contribution in [1.82, 2.24) is 10.2 Å². The Labute approximate surface area is 118 Å². The summed E-state index contributed by atoms with van der Waals surface area (Å²) in [6.45, 7) is 0. The van der Waals surface area contributed by atoms with E-state index in [1.165, 1.54) is 0 Å². The van der Waals surface area contributed by atoms with Gasteiger partial charge < -0.3 is 10.2 Å². The van der Waals surface area contributed by atoms with Crippen molar-refractivity contribution in [3.8, 4) is 11.5 Å². The highest BCUT2D eigenvalue weighted by molar-refractivity contribution is 6.25. The van der Waals surface area contributed by atoms with Gasteiger partial charge in [-0.1, -0.05) is 0 Å². The van der Waals surface area contributed by atoms with E-state index >= 15 is 0 Å². The van der Waals surface area contributed by atoms with Crippen molar-refractivity contribution in [2.75, 3.05) is 0 Å². The third-order valence-corrected chi connectivity index (χ3v) is 3.55. The molecule has 8 nitrogen and oxygen atoms in total. The molecule has 3 N–H and O–H groups in total. The minimum Gasteiger partial charge on any atom is -0.507 e. The van der Waals surface area contributed by atoms with Gasteiger partial charge in [-0.05, 0) is 18.6 Å². The Morgan fingerprint density at radius 1 is 1.00 bits per heavy atom. The van der Waals surface area contributed by atoms with Crippen LogP contribution < -0.4 is 5.32 Å². The lowest BCUT2D eigenvalue weighted by atomic mass is 10.0. The van der Waals surface area contributed by atoms with Gasteiger partial charge in [-0.3, -0.25) is 29.4 Å². The van der Waals surface area contributed by atoms with Crippen LogP contribution in [0.1, 0.15) is 33.6 Å². The molecule has 3 rings (SSSR count). The molecule has 1 unspecified atom stereocenters. The number of rotatable bonds is 1. The van der Waals surface area contributed by atoms with Crippen LogP contribution in [0.25, 0.3) is 0 Å². The number of imide groups is 2. The van der Waals surface area contributed by atoms with Gasteiger partial charge in [0.2, 0.25) is 11.8 Å². The van der Waals surface area contributed by atoms with Gasteiger partial charge in [0, 0.05) is 6.42 Å². The second-order valence-corrected chi connectivity index (χ2v) is 4.80. The summed E-state index contributed by atoms with van der Waals surface area (Å²) in [6.07, 6.45) is 0.0133. The van der Waals surface area contributed by atoms with Crippen LogP contribution in [0, 0.1) is 0 Å². The second kappa shape index (κ2) is 4.30. The maximum absolute atomic E-state index is 12.3. The molecule has 2 aliphatic heterocycles. The van der Waals surface area contributed by atoms with Crippen LogP contribution in [0.3, 0.4) is 0 Å². The standard InChI is InChI=1S/C13H10N2O6/c16-6-2-3-7(17)10-9(6)12(20)15(13(10)21)5-1-4-8(18)14-11(5)19/h2-3,5,16-17H,1,4H2,(H,14,18,19). The van der Waals surface area contributed by atoms with Crippen molar-refractivity contribution in [3.63, 3.8) is 0 Å². The van der Waals surface area contributed by atoms with Crippen molar-refractivity contribution in [3.05, 3.63) is 23.3 Å².